The van der Waals surface area contributed by atoms with E-state index < -0.39 is 0 Å². The van der Waals surface area contributed by atoms with Crippen molar-refractivity contribution in [2.24, 2.45) is 0 Å². The Balaban J connectivity index is 1.62. The van der Waals surface area contributed by atoms with Gasteiger partial charge in [-0.05, 0) is 24.6 Å². The number of nitrogens with one attached hydrogen (secondary N) is 1. The summed E-state index contributed by atoms with van der Waals surface area (Å²) in [6.45, 7) is 2.97. The molecule has 0 aliphatic heterocycles. The van der Waals surface area contributed by atoms with Gasteiger partial charge in [0.15, 0.2) is 0 Å². The number of carbonyl (C=O) groups is 1. The fourth-order valence-electron chi connectivity index (χ4n) is 2.57. The molecule has 5 nitrogen and oxygen atoms in total. The van der Waals surface area contributed by atoms with Gasteiger partial charge in [0.2, 0.25) is 5.91 Å². The van der Waals surface area contributed by atoms with Gasteiger partial charge < -0.3 is 14.8 Å². The number of aryl methyl sites for hydroxylation is 1. The van der Waals surface area contributed by atoms with Gasteiger partial charge in [0.25, 0.3) is 0 Å². The molecule has 2 aromatic carbocycles. The molecule has 0 fully saturated rings. The van der Waals surface area contributed by atoms with E-state index in [1.165, 1.54) is 5.56 Å². The molecular formula is C21H22N2O3S. The quantitative estimate of drug-likeness (QED) is 0.587. The van der Waals surface area contributed by atoms with Crippen LogP contribution in [-0.4, -0.2) is 37.8 Å². The molecule has 0 spiro atoms. The van der Waals surface area contributed by atoms with Crippen molar-refractivity contribution in [3.8, 4) is 21.8 Å². The number of methoxy groups -OCH3 is 1. The molecule has 0 aliphatic carbocycles. The highest BCUT2D eigenvalue weighted by Gasteiger charge is 2.09. The van der Waals surface area contributed by atoms with E-state index in [2.05, 4.69) is 29.8 Å². The van der Waals surface area contributed by atoms with Crippen LogP contribution in [0, 0.1) is 6.92 Å². The van der Waals surface area contributed by atoms with Crippen LogP contribution in [0.4, 0.5) is 5.69 Å². The second kappa shape index (κ2) is 9.41. The first-order valence-electron chi connectivity index (χ1n) is 8.66. The van der Waals surface area contributed by atoms with E-state index in [0.717, 1.165) is 27.5 Å². The lowest BCUT2D eigenvalue weighted by Gasteiger charge is -2.06. The van der Waals surface area contributed by atoms with Gasteiger partial charge in [-0.1, -0.05) is 36.4 Å². The smallest absolute Gasteiger partial charge is 0.250 e. The van der Waals surface area contributed by atoms with Gasteiger partial charge in [-0.3, -0.25) is 4.79 Å². The van der Waals surface area contributed by atoms with Crippen LogP contribution < -0.4 is 5.32 Å². The Kier molecular flexibility index (Phi) is 6.70. The SMILES string of the molecule is COCCOCC(=O)Nc1ccc(-c2csc(-c3ccccc3C)n2)cc1. The summed E-state index contributed by atoms with van der Waals surface area (Å²) in [6, 6.07) is 15.9. The van der Waals surface area contributed by atoms with E-state index in [1.54, 1.807) is 18.4 Å². The monoisotopic (exact) mass is 382 g/mol. The number of anilines is 1. The van der Waals surface area contributed by atoms with Gasteiger partial charge in [0.05, 0.1) is 18.9 Å². The maximum Gasteiger partial charge on any atom is 0.250 e. The third kappa shape index (κ3) is 5.23. The van der Waals surface area contributed by atoms with Crippen molar-refractivity contribution >= 4 is 22.9 Å². The second-order valence-corrected chi connectivity index (χ2v) is 6.88. The van der Waals surface area contributed by atoms with Crippen LogP contribution in [0.2, 0.25) is 0 Å². The summed E-state index contributed by atoms with van der Waals surface area (Å²) in [5.41, 5.74) is 5.04. The average Bonchev–Trinajstić information content (AvgIpc) is 3.16. The number of ether oxygens (including phenoxy) is 2. The van der Waals surface area contributed by atoms with Crippen LogP contribution in [0.15, 0.2) is 53.9 Å². The van der Waals surface area contributed by atoms with Crippen molar-refractivity contribution in [2.75, 3.05) is 32.2 Å². The Hall–Kier alpha value is -2.54. The number of hydrogen-bond acceptors (Lipinski definition) is 5. The molecule has 0 saturated carbocycles. The zero-order chi connectivity index (χ0) is 19.1. The number of carbonyl (C=O) groups excluding carboxylic acids is 1. The fraction of sp³-hybridized carbons (Fsp3) is 0.238. The van der Waals surface area contributed by atoms with Crippen molar-refractivity contribution in [1.82, 2.24) is 4.98 Å². The summed E-state index contributed by atoms with van der Waals surface area (Å²) >= 11 is 1.63. The Morgan fingerprint density at radius 2 is 1.89 bits per heavy atom. The highest BCUT2D eigenvalue weighted by atomic mass is 32.1. The van der Waals surface area contributed by atoms with Crippen molar-refractivity contribution in [2.45, 2.75) is 6.92 Å². The van der Waals surface area contributed by atoms with E-state index in [1.807, 2.05) is 36.4 Å². The summed E-state index contributed by atoms with van der Waals surface area (Å²) in [4.78, 5) is 16.6. The number of hydrogen-bond donors (Lipinski definition) is 1. The molecule has 1 N–H and O–H groups in total. The molecule has 0 bridgehead atoms. The van der Waals surface area contributed by atoms with E-state index in [-0.39, 0.29) is 12.5 Å². The fourth-order valence-corrected chi connectivity index (χ4v) is 3.49. The molecule has 3 aromatic rings. The number of benzene rings is 2. The Morgan fingerprint density at radius 3 is 2.63 bits per heavy atom. The standard InChI is InChI=1S/C21H22N2O3S/c1-15-5-3-4-6-18(15)21-23-19(14-27-21)16-7-9-17(10-8-16)22-20(24)13-26-12-11-25-2/h3-10,14H,11-13H2,1-2H3,(H,22,24). The predicted octanol–water partition coefficient (Wildman–Crippen LogP) is 4.39. The molecule has 1 aromatic heterocycles. The summed E-state index contributed by atoms with van der Waals surface area (Å²) in [5, 5.41) is 5.88. The Morgan fingerprint density at radius 1 is 1.11 bits per heavy atom. The summed E-state index contributed by atoms with van der Waals surface area (Å²) < 4.78 is 10.1. The Labute approximate surface area is 163 Å². The molecule has 1 heterocycles. The summed E-state index contributed by atoms with van der Waals surface area (Å²) in [6.07, 6.45) is 0. The van der Waals surface area contributed by atoms with Crippen LogP contribution in [0.1, 0.15) is 5.56 Å². The lowest BCUT2D eigenvalue weighted by molar-refractivity contribution is -0.121. The van der Waals surface area contributed by atoms with Crippen molar-refractivity contribution in [3.63, 3.8) is 0 Å². The number of amides is 1. The first-order chi connectivity index (χ1) is 13.2. The lowest BCUT2D eigenvalue weighted by atomic mass is 10.1. The number of rotatable bonds is 8. The molecule has 27 heavy (non-hydrogen) atoms. The number of aromatic nitrogens is 1. The van der Waals surface area contributed by atoms with Gasteiger partial charge >= 0.3 is 0 Å². The van der Waals surface area contributed by atoms with Crippen LogP contribution in [0.3, 0.4) is 0 Å². The minimum atomic E-state index is -0.186. The maximum atomic E-state index is 11.8. The first-order valence-corrected chi connectivity index (χ1v) is 9.54. The van der Waals surface area contributed by atoms with Gasteiger partial charge in [0, 0.05) is 29.3 Å². The van der Waals surface area contributed by atoms with E-state index in [4.69, 9.17) is 14.5 Å². The number of nitrogens with zero attached hydrogens (tertiary/aromatic N) is 1. The zero-order valence-corrected chi connectivity index (χ0v) is 16.2. The molecular weight excluding hydrogens is 360 g/mol. The third-order valence-corrected chi connectivity index (χ3v) is 4.88. The largest absolute Gasteiger partial charge is 0.382 e. The zero-order valence-electron chi connectivity index (χ0n) is 15.4. The normalized spacial score (nSPS) is 10.7. The molecule has 6 heteroatoms. The summed E-state index contributed by atoms with van der Waals surface area (Å²) in [5.74, 6) is -0.186. The molecule has 0 saturated heterocycles. The van der Waals surface area contributed by atoms with Gasteiger partial charge in [-0.25, -0.2) is 4.98 Å². The molecule has 140 valence electrons. The van der Waals surface area contributed by atoms with Crippen LogP contribution >= 0.6 is 11.3 Å². The first kappa shape index (κ1) is 19.2. The molecule has 0 atom stereocenters. The molecule has 3 rings (SSSR count). The highest BCUT2D eigenvalue weighted by Crippen LogP contribution is 2.31. The topological polar surface area (TPSA) is 60.5 Å². The lowest BCUT2D eigenvalue weighted by Crippen LogP contribution is -2.19. The van der Waals surface area contributed by atoms with Crippen LogP contribution in [0.5, 0.6) is 0 Å². The highest BCUT2D eigenvalue weighted by molar-refractivity contribution is 7.13. The van der Waals surface area contributed by atoms with E-state index in [9.17, 15) is 4.79 Å². The minimum absolute atomic E-state index is 0.0109. The molecule has 0 unspecified atom stereocenters. The second-order valence-electron chi connectivity index (χ2n) is 6.02. The van der Waals surface area contributed by atoms with E-state index in [0.29, 0.717) is 13.2 Å². The minimum Gasteiger partial charge on any atom is -0.382 e. The van der Waals surface area contributed by atoms with Gasteiger partial charge in [-0.2, -0.15) is 0 Å². The summed E-state index contributed by atoms with van der Waals surface area (Å²) in [7, 11) is 1.59. The predicted molar refractivity (Wildman–Crippen MR) is 109 cm³/mol. The van der Waals surface area contributed by atoms with Crippen molar-refractivity contribution in [1.29, 1.82) is 0 Å². The maximum absolute atomic E-state index is 11.8. The number of thiazole rings is 1. The van der Waals surface area contributed by atoms with E-state index >= 15 is 0 Å². The van der Waals surface area contributed by atoms with Gasteiger partial charge in [-0.15, -0.1) is 11.3 Å². The van der Waals surface area contributed by atoms with Crippen molar-refractivity contribution < 1.29 is 14.3 Å². The van der Waals surface area contributed by atoms with Crippen LogP contribution in [-0.2, 0) is 14.3 Å². The molecule has 0 radical (unpaired) electrons. The molecule has 1 amide bonds. The third-order valence-electron chi connectivity index (χ3n) is 4.01. The van der Waals surface area contributed by atoms with Crippen LogP contribution in [0.25, 0.3) is 21.8 Å². The Bertz CT molecular complexity index is 890. The average molecular weight is 382 g/mol. The van der Waals surface area contributed by atoms with Crippen molar-refractivity contribution in [3.05, 3.63) is 59.5 Å². The van der Waals surface area contributed by atoms with Gasteiger partial charge in [0.1, 0.15) is 11.6 Å². The molecule has 0 aliphatic rings.